The first kappa shape index (κ1) is 14.5. The summed E-state index contributed by atoms with van der Waals surface area (Å²) in [6.07, 6.45) is 1.88. The number of para-hydroxylation sites is 1. The van der Waals surface area contributed by atoms with Gasteiger partial charge >= 0.3 is 0 Å². The molecule has 2 aromatic carbocycles. The van der Waals surface area contributed by atoms with E-state index in [1.165, 1.54) is 12.1 Å². The van der Waals surface area contributed by atoms with E-state index in [-0.39, 0.29) is 12.0 Å². The van der Waals surface area contributed by atoms with Gasteiger partial charge in [0.25, 0.3) is 11.6 Å². The van der Waals surface area contributed by atoms with Crippen molar-refractivity contribution in [3.8, 4) is 5.69 Å². The molecule has 1 amide bonds. The van der Waals surface area contributed by atoms with Gasteiger partial charge in [-0.05, 0) is 18.2 Å². The van der Waals surface area contributed by atoms with Gasteiger partial charge in [-0.3, -0.25) is 19.7 Å². The molecular formula is C16H11N3O4. The summed E-state index contributed by atoms with van der Waals surface area (Å²) in [7, 11) is 0. The fraction of sp³-hybridized carbons (Fsp3) is 0. The molecule has 0 aliphatic carbocycles. The highest BCUT2D eigenvalue weighted by atomic mass is 16.6. The molecular weight excluding hydrogens is 298 g/mol. The van der Waals surface area contributed by atoms with E-state index in [0.717, 1.165) is 10.9 Å². The monoisotopic (exact) mass is 309 g/mol. The summed E-state index contributed by atoms with van der Waals surface area (Å²) < 4.78 is 1.79. The largest absolute Gasteiger partial charge is 0.318 e. The third-order valence-corrected chi connectivity index (χ3v) is 3.42. The second-order valence-electron chi connectivity index (χ2n) is 4.81. The number of aldehydes is 1. The van der Waals surface area contributed by atoms with Gasteiger partial charge in [-0.1, -0.05) is 18.2 Å². The Kier molecular flexibility index (Phi) is 3.60. The molecule has 0 spiro atoms. The Morgan fingerprint density at radius 2 is 1.83 bits per heavy atom. The summed E-state index contributed by atoms with van der Waals surface area (Å²) >= 11 is 0. The highest BCUT2D eigenvalue weighted by Crippen LogP contribution is 2.29. The summed E-state index contributed by atoms with van der Waals surface area (Å²) in [6.45, 7) is 0. The highest BCUT2D eigenvalue weighted by molar-refractivity contribution is 6.30. The van der Waals surface area contributed by atoms with Crippen LogP contribution in [0.25, 0.3) is 16.6 Å². The molecule has 0 aliphatic heterocycles. The van der Waals surface area contributed by atoms with Crippen LogP contribution in [-0.2, 0) is 9.59 Å². The first-order valence-corrected chi connectivity index (χ1v) is 6.71. The molecule has 7 nitrogen and oxygen atoms in total. The van der Waals surface area contributed by atoms with Crippen molar-refractivity contribution in [1.82, 2.24) is 4.57 Å². The number of rotatable bonds is 4. The SMILES string of the molecule is O=CC(=O)Nc1cn(-c2ccc([N+](=O)[O-])cc2)c2ccccc12. The van der Waals surface area contributed by atoms with Gasteiger partial charge in [-0.15, -0.1) is 0 Å². The molecule has 0 unspecified atom stereocenters. The summed E-state index contributed by atoms with van der Waals surface area (Å²) in [5, 5.41) is 14.0. The molecule has 0 fully saturated rings. The van der Waals surface area contributed by atoms with Crippen LogP contribution in [0.5, 0.6) is 0 Å². The topological polar surface area (TPSA) is 94.2 Å². The van der Waals surface area contributed by atoms with E-state index in [1.54, 1.807) is 22.9 Å². The van der Waals surface area contributed by atoms with E-state index in [4.69, 9.17) is 0 Å². The van der Waals surface area contributed by atoms with Gasteiger partial charge < -0.3 is 9.88 Å². The maximum atomic E-state index is 11.3. The highest BCUT2D eigenvalue weighted by Gasteiger charge is 2.12. The number of anilines is 1. The minimum atomic E-state index is -0.739. The zero-order chi connectivity index (χ0) is 16.4. The molecule has 1 N–H and O–H groups in total. The zero-order valence-corrected chi connectivity index (χ0v) is 11.8. The third-order valence-electron chi connectivity index (χ3n) is 3.42. The summed E-state index contributed by atoms with van der Waals surface area (Å²) in [6, 6.07) is 13.4. The van der Waals surface area contributed by atoms with E-state index in [1.807, 2.05) is 24.3 Å². The lowest BCUT2D eigenvalue weighted by Gasteiger charge is -2.04. The standard InChI is InChI=1S/C16H11N3O4/c20-10-16(21)17-14-9-18(15-4-2-1-3-13(14)15)11-5-7-12(8-6-11)19(22)23/h1-10H,(H,17,21). The van der Waals surface area contributed by atoms with Crippen molar-refractivity contribution in [3.63, 3.8) is 0 Å². The number of fused-ring (bicyclic) bond motifs is 1. The van der Waals surface area contributed by atoms with E-state index in [2.05, 4.69) is 5.32 Å². The number of nitro groups is 1. The van der Waals surface area contributed by atoms with Crippen LogP contribution in [0.3, 0.4) is 0 Å². The minimum absolute atomic E-state index is 0.000284. The van der Waals surface area contributed by atoms with E-state index >= 15 is 0 Å². The normalized spacial score (nSPS) is 10.4. The Morgan fingerprint density at radius 3 is 2.48 bits per heavy atom. The van der Waals surface area contributed by atoms with Crippen LogP contribution in [0, 0.1) is 10.1 Å². The van der Waals surface area contributed by atoms with Crippen LogP contribution in [-0.4, -0.2) is 21.7 Å². The molecule has 3 aromatic rings. The lowest BCUT2D eigenvalue weighted by Crippen LogP contribution is -2.11. The van der Waals surface area contributed by atoms with Crippen molar-refractivity contribution in [2.45, 2.75) is 0 Å². The Labute approximate surface area is 130 Å². The van der Waals surface area contributed by atoms with Crippen molar-refractivity contribution >= 4 is 34.5 Å². The zero-order valence-electron chi connectivity index (χ0n) is 11.8. The molecule has 0 saturated carbocycles. The lowest BCUT2D eigenvalue weighted by molar-refractivity contribution is -0.384. The number of carbonyl (C=O) groups excluding carboxylic acids is 2. The molecule has 0 aliphatic rings. The fourth-order valence-electron chi connectivity index (χ4n) is 2.39. The number of amides is 1. The van der Waals surface area contributed by atoms with E-state index < -0.39 is 10.8 Å². The summed E-state index contributed by atoms with van der Waals surface area (Å²) in [4.78, 5) is 32.1. The van der Waals surface area contributed by atoms with Gasteiger partial charge in [0.15, 0.2) is 0 Å². The van der Waals surface area contributed by atoms with Crippen molar-refractivity contribution in [2.75, 3.05) is 5.32 Å². The first-order valence-electron chi connectivity index (χ1n) is 6.71. The average Bonchev–Trinajstić information content (AvgIpc) is 2.93. The molecule has 0 saturated heterocycles. The van der Waals surface area contributed by atoms with Gasteiger partial charge in [0.2, 0.25) is 6.29 Å². The predicted octanol–water partition coefficient (Wildman–Crippen LogP) is 2.68. The third kappa shape index (κ3) is 2.67. The van der Waals surface area contributed by atoms with Crippen LogP contribution in [0.15, 0.2) is 54.7 Å². The lowest BCUT2D eigenvalue weighted by atomic mass is 10.2. The molecule has 0 bridgehead atoms. The Balaban J connectivity index is 2.12. The van der Waals surface area contributed by atoms with E-state index in [9.17, 15) is 19.7 Å². The number of nitrogens with one attached hydrogen (secondary N) is 1. The molecule has 1 heterocycles. The van der Waals surface area contributed by atoms with Crippen LogP contribution < -0.4 is 5.32 Å². The molecule has 0 atom stereocenters. The molecule has 23 heavy (non-hydrogen) atoms. The predicted molar refractivity (Wildman–Crippen MR) is 84.6 cm³/mol. The van der Waals surface area contributed by atoms with Gasteiger partial charge in [0.05, 0.1) is 16.1 Å². The van der Waals surface area contributed by atoms with Crippen LogP contribution >= 0.6 is 0 Å². The van der Waals surface area contributed by atoms with Crippen molar-refractivity contribution < 1.29 is 14.5 Å². The van der Waals surface area contributed by atoms with Crippen LogP contribution in [0.1, 0.15) is 0 Å². The second kappa shape index (κ2) is 5.72. The van der Waals surface area contributed by atoms with E-state index in [0.29, 0.717) is 11.4 Å². The summed E-state index contributed by atoms with van der Waals surface area (Å²) in [5.74, 6) is -0.739. The van der Waals surface area contributed by atoms with Gasteiger partial charge in [0.1, 0.15) is 0 Å². The van der Waals surface area contributed by atoms with Crippen molar-refractivity contribution in [1.29, 1.82) is 0 Å². The number of non-ortho nitro benzene ring substituents is 1. The molecule has 0 radical (unpaired) electrons. The number of hydrogen-bond donors (Lipinski definition) is 1. The molecule has 1 aromatic heterocycles. The van der Waals surface area contributed by atoms with Crippen LogP contribution in [0.4, 0.5) is 11.4 Å². The second-order valence-corrected chi connectivity index (χ2v) is 4.81. The Hall–Kier alpha value is -3.48. The number of nitrogens with zero attached hydrogens (tertiary/aromatic N) is 2. The summed E-state index contributed by atoms with van der Waals surface area (Å²) in [5.41, 5.74) is 2.01. The number of benzene rings is 2. The van der Waals surface area contributed by atoms with Gasteiger partial charge in [0, 0.05) is 29.4 Å². The number of nitro benzene ring substituents is 1. The first-order chi connectivity index (χ1) is 11.1. The average molecular weight is 309 g/mol. The van der Waals surface area contributed by atoms with Crippen molar-refractivity contribution in [3.05, 3.63) is 64.8 Å². The Morgan fingerprint density at radius 1 is 1.13 bits per heavy atom. The number of carbonyl (C=O) groups is 2. The maximum Gasteiger partial charge on any atom is 0.288 e. The van der Waals surface area contributed by atoms with Crippen LogP contribution in [0.2, 0.25) is 0 Å². The maximum absolute atomic E-state index is 11.3. The minimum Gasteiger partial charge on any atom is -0.318 e. The quantitative estimate of drug-likeness (QED) is 0.347. The van der Waals surface area contributed by atoms with Gasteiger partial charge in [-0.2, -0.15) is 0 Å². The smallest absolute Gasteiger partial charge is 0.288 e. The fourth-order valence-corrected chi connectivity index (χ4v) is 2.39. The number of aromatic nitrogens is 1. The number of hydrogen-bond acceptors (Lipinski definition) is 4. The molecule has 114 valence electrons. The Bertz CT molecular complexity index is 913. The van der Waals surface area contributed by atoms with Gasteiger partial charge in [-0.25, -0.2) is 0 Å². The van der Waals surface area contributed by atoms with Crippen molar-refractivity contribution in [2.24, 2.45) is 0 Å². The molecule has 7 heteroatoms. The molecule has 3 rings (SSSR count).